The van der Waals surface area contributed by atoms with Crippen LogP contribution in [0.2, 0.25) is 0 Å². The molecule has 0 saturated heterocycles. The Morgan fingerprint density at radius 1 is 1.67 bits per heavy atom. The van der Waals surface area contributed by atoms with Crippen LogP contribution in [-0.4, -0.2) is 12.0 Å². The van der Waals surface area contributed by atoms with Crippen LogP contribution in [0.3, 0.4) is 0 Å². The van der Waals surface area contributed by atoms with Crippen molar-refractivity contribution in [3.05, 3.63) is 23.9 Å². The molecule has 0 bridgehead atoms. The molecular weight excluding hydrogens is 185 g/mol. The molecule has 1 nitrogen and oxygen atoms in total. The average molecular weight is 194 g/mol. The minimum Gasteiger partial charge on any atom is -0.404 e. The maximum absolute atomic E-state index is 11.5. The van der Waals surface area contributed by atoms with Gasteiger partial charge in [-0.05, 0) is 11.8 Å². The van der Waals surface area contributed by atoms with Gasteiger partial charge >= 0.3 is 0 Å². The zero-order chi connectivity index (χ0) is 7.11. The summed E-state index contributed by atoms with van der Waals surface area (Å²) >= 11 is 3.18. The first-order valence-electron chi connectivity index (χ1n) is 2.54. The van der Waals surface area contributed by atoms with E-state index >= 15 is 0 Å². The first-order valence-corrected chi connectivity index (χ1v) is 3.66. The molecule has 3 heteroatoms. The number of halogens is 2. The van der Waals surface area contributed by atoms with E-state index in [9.17, 15) is 4.39 Å². The third kappa shape index (κ3) is 4.21. The second-order valence-electron chi connectivity index (χ2n) is 1.43. The minimum atomic E-state index is -0.440. The smallest absolute Gasteiger partial charge is 0.108 e. The Morgan fingerprint density at radius 3 is 2.67 bits per heavy atom. The van der Waals surface area contributed by atoms with Crippen LogP contribution in [0.25, 0.3) is 0 Å². The first kappa shape index (κ1) is 8.69. The second kappa shape index (κ2) is 5.82. The third-order valence-corrected chi connectivity index (χ3v) is 1.44. The maximum Gasteiger partial charge on any atom is 0.108 e. The lowest BCUT2D eigenvalue weighted by molar-refractivity contribution is 0.561. The van der Waals surface area contributed by atoms with E-state index in [4.69, 9.17) is 5.73 Å². The highest BCUT2D eigenvalue weighted by Gasteiger charge is 1.83. The molecular formula is C6H9BrFN. The summed E-state index contributed by atoms with van der Waals surface area (Å²) in [5, 5.41) is 0.667. The summed E-state index contributed by atoms with van der Waals surface area (Å²) in [5.74, 6) is 0. The SMILES string of the molecule is N/C=C(\C=C/CF)CBr. The predicted octanol–water partition coefficient (Wildman–Crippen LogP) is 1.75. The van der Waals surface area contributed by atoms with Crippen molar-refractivity contribution in [3.8, 4) is 0 Å². The standard InChI is InChI=1S/C6H9BrFN/c7-4-6(5-9)2-1-3-8/h1-2,5H,3-4,9H2/b2-1-,6-5+. The quantitative estimate of drug-likeness (QED) is 0.537. The van der Waals surface area contributed by atoms with Gasteiger partial charge < -0.3 is 5.73 Å². The molecule has 2 N–H and O–H groups in total. The number of alkyl halides is 2. The number of hydrogen-bond acceptors (Lipinski definition) is 1. The number of nitrogens with two attached hydrogens (primary N) is 1. The molecule has 0 spiro atoms. The fourth-order valence-electron chi connectivity index (χ4n) is 0.341. The van der Waals surface area contributed by atoms with Crippen LogP contribution in [0, 0.1) is 0 Å². The van der Waals surface area contributed by atoms with Crippen molar-refractivity contribution < 1.29 is 4.39 Å². The number of hydrogen-bond donors (Lipinski definition) is 1. The van der Waals surface area contributed by atoms with Crippen molar-refractivity contribution in [2.45, 2.75) is 0 Å². The molecule has 0 heterocycles. The summed E-state index contributed by atoms with van der Waals surface area (Å²) in [6.07, 6.45) is 4.51. The third-order valence-electron chi connectivity index (χ3n) is 0.789. The molecule has 52 valence electrons. The Bertz CT molecular complexity index is 120. The topological polar surface area (TPSA) is 26.0 Å². The first-order chi connectivity index (χ1) is 4.35. The zero-order valence-corrected chi connectivity index (χ0v) is 6.57. The Kier molecular flexibility index (Phi) is 5.62. The molecule has 0 aromatic carbocycles. The number of allylic oxidation sites excluding steroid dienone is 3. The molecule has 0 fully saturated rings. The van der Waals surface area contributed by atoms with Gasteiger partial charge in [-0.15, -0.1) is 0 Å². The summed E-state index contributed by atoms with van der Waals surface area (Å²) < 4.78 is 11.5. The van der Waals surface area contributed by atoms with E-state index in [0.717, 1.165) is 5.57 Å². The largest absolute Gasteiger partial charge is 0.404 e. The monoisotopic (exact) mass is 193 g/mol. The van der Waals surface area contributed by atoms with Crippen molar-refractivity contribution in [1.29, 1.82) is 0 Å². The molecule has 0 atom stereocenters. The summed E-state index contributed by atoms with van der Waals surface area (Å²) in [7, 11) is 0. The number of rotatable bonds is 3. The molecule has 9 heavy (non-hydrogen) atoms. The molecule has 0 aliphatic carbocycles. The average Bonchev–Trinajstić information content (AvgIpc) is 1.91. The molecule has 0 saturated carbocycles. The van der Waals surface area contributed by atoms with Crippen LogP contribution >= 0.6 is 15.9 Å². The van der Waals surface area contributed by atoms with Crippen LogP contribution in [0.1, 0.15) is 0 Å². The molecule has 0 rings (SSSR count). The van der Waals surface area contributed by atoms with Crippen molar-refractivity contribution >= 4 is 15.9 Å². The van der Waals surface area contributed by atoms with Crippen LogP contribution in [0.4, 0.5) is 4.39 Å². The predicted molar refractivity (Wildman–Crippen MR) is 41.2 cm³/mol. The lowest BCUT2D eigenvalue weighted by Gasteiger charge is -1.89. The van der Waals surface area contributed by atoms with Crippen LogP contribution < -0.4 is 5.73 Å². The van der Waals surface area contributed by atoms with E-state index < -0.39 is 6.67 Å². The summed E-state index contributed by atoms with van der Waals surface area (Å²) in [6.45, 7) is -0.440. The normalized spacial score (nSPS) is 12.9. The molecule has 0 amide bonds. The summed E-state index contributed by atoms with van der Waals surface area (Å²) in [6, 6.07) is 0. The molecule has 0 aliphatic rings. The lowest BCUT2D eigenvalue weighted by Crippen LogP contribution is -1.86. The van der Waals surface area contributed by atoms with E-state index in [2.05, 4.69) is 15.9 Å². The van der Waals surface area contributed by atoms with Crippen molar-refractivity contribution in [1.82, 2.24) is 0 Å². The molecule has 0 unspecified atom stereocenters. The van der Waals surface area contributed by atoms with E-state index in [1.165, 1.54) is 12.3 Å². The molecule has 0 aliphatic heterocycles. The molecule has 0 radical (unpaired) electrons. The van der Waals surface area contributed by atoms with Crippen molar-refractivity contribution in [3.63, 3.8) is 0 Å². The van der Waals surface area contributed by atoms with Gasteiger partial charge in [0.2, 0.25) is 0 Å². The highest BCUT2D eigenvalue weighted by Crippen LogP contribution is 1.98. The van der Waals surface area contributed by atoms with Crippen LogP contribution in [0.5, 0.6) is 0 Å². The van der Waals surface area contributed by atoms with E-state index in [1.807, 2.05) is 0 Å². The minimum absolute atomic E-state index is 0.440. The van der Waals surface area contributed by atoms with Gasteiger partial charge in [-0.3, -0.25) is 0 Å². The summed E-state index contributed by atoms with van der Waals surface area (Å²) in [5.41, 5.74) is 6.04. The fourth-order valence-corrected chi connectivity index (χ4v) is 0.714. The molecule has 0 aromatic rings. The highest BCUT2D eigenvalue weighted by atomic mass is 79.9. The summed E-state index contributed by atoms with van der Waals surface area (Å²) in [4.78, 5) is 0. The van der Waals surface area contributed by atoms with Gasteiger partial charge in [0.25, 0.3) is 0 Å². The van der Waals surface area contributed by atoms with E-state index in [-0.39, 0.29) is 0 Å². The zero-order valence-electron chi connectivity index (χ0n) is 4.98. The fraction of sp³-hybridized carbons (Fsp3) is 0.333. The lowest BCUT2D eigenvalue weighted by atomic mass is 10.3. The Labute approximate surface area is 62.6 Å². The van der Waals surface area contributed by atoms with Crippen molar-refractivity contribution in [2.75, 3.05) is 12.0 Å². The van der Waals surface area contributed by atoms with E-state index in [1.54, 1.807) is 6.08 Å². The Hall–Kier alpha value is -0.310. The van der Waals surface area contributed by atoms with Crippen molar-refractivity contribution in [2.24, 2.45) is 5.73 Å². The Morgan fingerprint density at radius 2 is 2.33 bits per heavy atom. The van der Waals surface area contributed by atoms with Crippen LogP contribution in [-0.2, 0) is 0 Å². The highest BCUT2D eigenvalue weighted by molar-refractivity contribution is 9.09. The van der Waals surface area contributed by atoms with E-state index in [0.29, 0.717) is 5.33 Å². The Balaban J connectivity index is 3.70. The maximum atomic E-state index is 11.5. The van der Waals surface area contributed by atoms with Gasteiger partial charge in [-0.25, -0.2) is 4.39 Å². The van der Waals surface area contributed by atoms with Gasteiger partial charge in [-0.1, -0.05) is 28.1 Å². The van der Waals surface area contributed by atoms with Gasteiger partial charge in [0, 0.05) is 5.33 Å². The van der Waals surface area contributed by atoms with Gasteiger partial charge in [-0.2, -0.15) is 0 Å². The van der Waals surface area contributed by atoms with Crippen LogP contribution in [0.15, 0.2) is 23.9 Å². The van der Waals surface area contributed by atoms with Gasteiger partial charge in [0.05, 0.1) is 0 Å². The molecule has 0 aromatic heterocycles. The second-order valence-corrected chi connectivity index (χ2v) is 1.99. The van der Waals surface area contributed by atoms with Gasteiger partial charge in [0.1, 0.15) is 6.67 Å². The van der Waals surface area contributed by atoms with Gasteiger partial charge in [0.15, 0.2) is 0 Å².